The van der Waals surface area contributed by atoms with Gasteiger partial charge in [0.25, 0.3) is 5.91 Å². The number of rotatable bonds is 2. The summed E-state index contributed by atoms with van der Waals surface area (Å²) in [7, 11) is 0. The number of aryl methyl sites for hydroxylation is 1. The van der Waals surface area contributed by atoms with E-state index in [9.17, 15) is 4.79 Å². The maximum Gasteiger partial charge on any atom is 0.266 e. The highest BCUT2D eigenvalue weighted by atomic mass is 32.1. The minimum absolute atomic E-state index is 0.0240. The summed E-state index contributed by atoms with van der Waals surface area (Å²) in [6, 6.07) is 9.53. The fourth-order valence-electron chi connectivity index (χ4n) is 3.56. The molecule has 0 fully saturated rings. The van der Waals surface area contributed by atoms with Gasteiger partial charge >= 0.3 is 0 Å². The molecule has 7 heteroatoms. The number of aromatic nitrogens is 3. The van der Waals surface area contributed by atoms with Gasteiger partial charge in [0.05, 0.1) is 23.2 Å². The molecule has 0 unspecified atom stereocenters. The van der Waals surface area contributed by atoms with E-state index in [1.54, 1.807) is 11.8 Å². The number of amides is 1. The number of H-pyrrole nitrogens is 1. The number of thiazole rings is 1. The predicted octanol–water partition coefficient (Wildman–Crippen LogP) is 3.71. The third-order valence-corrected chi connectivity index (χ3v) is 5.76. The SMILES string of the molecule is Cc1ncsc1C(=O)N1CCc2[nH]cnc2[C@H]1c1cc2ccccc2o1. The normalized spacial score (nSPS) is 16.8. The number of nitrogens with zero attached hydrogens (tertiary/aromatic N) is 3. The molecule has 0 aliphatic carbocycles. The topological polar surface area (TPSA) is 75.0 Å². The van der Waals surface area contributed by atoms with Gasteiger partial charge in [-0.25, -0.2) is 9.97 Å². The lowest BCUT2D eigenvalue weighted by Crippen LogP contribution is -2.40. The smallest absolute Gasteiger partial charge is 0.266 e. The average Bonchev–Trinajstić information content (AvgIpc) is 3.38. The largest absolute Gasteiger partial charge is 0.458 e. The number of fused-ring (bicyclic) bond motifs is 2. The second kappa shape index (κ2) is 5.81. The van der Waals surface area contributed by atoms with Crippen LogP contribution in [0.5, 0.6) is 0 Å². The van der Waals surface area contributed by atoms with Crippen molar-refractivity contribution in [3.63, 3.8) is 0 Å². The first-order chi connectivity index (χ1) is 12.7. The number of imidazole rings is 1. The zero-order chi connectivity index (χ0) is 17.7. The number of carbonyl (C=O) groups excluding carboxylic acids is 1. The Morgan fingerprint density at radius 2 is 2.23 bits per heavy atom. The molecular weight excluding hydrogens is 348 g/mol. The van der Waals surface area contributed by atoms with Gasteiger partial charge in [0, 0.05) is 24.0 Å². The lowest BCUT2D eigenvalue weighted by atomic mass is 10.00. The van der Waals surface area contributed by atoms with Crippen LogP contribution >= 0.6 is 11.3 Å². The van der Waals surface area contributed by atoms with Gasteiger partial charge in [0.2, 0.25) is 0 Å². The number of hydrogen-bond donors (Lipinski definition) is 1. The molecule has 130 valence electrons. The minimum atomic E-state index is -0.341. The molecule has 4 aromatic rings. The van der Waals surface area contributed by atoms with Gasteiger partial charge in [-0.3, -0.25) is 4.79 Å². The van der Waals surface area contributed by atoms with Crippen molar-refractivity contribution in [1.29, 1.82) is 0 Å². The van der Waals surface area contributed by atoms with Crippen molar-refractivity contribution in [2.24, 2.45) is 0 Å². The lowest BCUT2D eigenvalue weighted by Gasteiger charge is -2.33. The quantitative estimate of drug-likeness (QED) is 0.588. The first-order valence-electron chi connectivity index (χ1n) is 8.44. The number of benzene rings is 1. The molecule has 0 bridgehead atoms. The van der Waals surface area contributed by atoms with Crippen LogP contribution in [0.3, 0.4) is 0 Å². The number of nitrogens with one attached hydrogen (secondary N) is 1. The van der Waals surface area contributed by atoms with Gasteiger partial charge in [-0.1, -0.05) is 18.2 Å². The van der Waals surface area contributed by atoms with E-state index in [1.807, 2.05) is 42.2 Å². The number of aromatic amines is 1. The molecule has 0 spiro atoms. The maximum absolute atomic E-state index is 13.2. The number of hydrogen-bond acceptors (Lipinski definition) is 5. The molecule has 1 N–H and O–H groups in total. The molecule has 1 amide bonds. The molecule has 5 rings (SSSR count). The Kier molecular flexibility index (Phi) is 3.43. The Morgan fingerprint density at radius 3 is 3.04 bits per heavy atom. The third-order valence-electron chi connectivity index (χ3n) is 4.84. The van der Waals surface area contributed by atoms with Crippen LogP contribution in [0.15, 0.2) is 46.6 Å². The molecular formula is C19H16N4O2S. The van der Waals surface area contributed by atoms with E-state index < -0.39 is 0 Å². The highest BCUT2D eigenvalue weighted by molar-refractivity contribution is 7.11. The zero-order valence-corrected chi connectivity index (χ0v) is 14.9. The van der Waals surface area contributed by atoms with E-state index in [0.29, 0.717) is 11.4 Å². The van der Waals surface area contributed by atoms with Gasteiger partial charge in [0.1, 0.15) is 22.3 Å². The Morgan fingerprint density at radius 1 is 1.35 bits per heavy atom. The van der Waals surface area contributed by atoms with Crippen LogP contribution in [-0.4, -0.2) is 32.3 Å². The second-order valence-corrected chi connectivity index (χ2v) is 7.23. The zero-order valence-electron chi connectivity index (χ0n) is 14.1. The predicted molar refractivity (Wildman–Crippen MR) is 98.2 cm³/mol. The molecule has 26 heavy (non-hydrogen) atoms. The summed E-state index contributed by atoms with van der Waals surface area (Å²) < 4.78 is 6.10. The van der Waals surface area contributed by atoms with E-state index >= 15 is 0 Å². The molecule has 1 aromatic carbocycles. The molecule has 0 saturated heterocycles. The van der Waals surface area contributed by atoms with Crippen molar-refractivity contribution >= 4 is 28.2 Å². The van der Waals surface area contributed by atoms with Crippen LogP contribution in [-0.2, 0) is 6.42 Å². The van der Waals surface area contributed by atoms with Crippen molar-refractivity contribution in [3.8, 4) is 0 Å². The average molecular weight is 364 g/mol. The highest BCUT2D eigenvalue weighted by Gasteiger charge is 2.37. The summed E-state index contributed by atoms with van der Waals surface area (Å²) in [5.74, 6) is 0.707. The summed E-state index contributed by atoms with van der Waals surface area (Å²) in [5.41, 5.74) is 5.19. The highest BCUT2D eigenvalue weighted by Crippen LogP contribution is 2.37. The van der Waals surface area contributed by atoms with Crippen molar-refractivity contribution < 1.29 is 9.21 Å². The molecule has 3 aromatic heterocycles. The van der Waals surface area contributed by atoms with Crippen molar-refractivity contribution in [2.45, 2.75) is 19.4 Å². The van der Waals surface area contributed by atoms with E-state index in [2.05, 4.69) is 15.0 Å². The lowest BCUT2D eigenvalue weighted by molar-refractivity contribution is 0.0677. The fraction of sp³-hybridized carbons (Fsp3) is 0.211. The minimum Gasteiger partial charge on any atom is -0.458 e. The van der Waals surface area contributed by atoms with E-state index in [4.69, 9.17) is 4.42 Å². The van der Waals surface area contributed by atoms with Crippen LogP contribution < -0.4 is 0 Å². The molecule has 1 aliphatic heterocycles. The monoisotopic (exact) mass is 364 g/mol. The molecule has 0 radical (unpaired) electrons. The summed E-state index contributed by atoms with van der Waals surface area (Å²) in [5, 5.41) is 1.02. The summed E-state index contributed by atoms with van der Waals surface area (Å²) >= 11 is 1.38. The van der Waals surface area contributed by atoms with E-state index in [0.717, 1.165) is 40.2 Å². The van der Waals surface area contributed by atoms with Crippen LogP contribution in [0.2, 0.25) is 0 Å². The van der Waals surface area contributed by atoms with Gasteiger partial charge < -0.3 is 14.3 Å². The second-order valence-electron chi connectivity index (χ2n) is 6.37. The molecule has 6 nitrogen and oxygen atoms in total. The third kappa shape index (κ3) is 2.28. The number of furan rings is 1. The number of carbonyl (C=O) groups is 1. The van der Waals surface area contributed by atoms with Crippen molar-refractivity contribution in [1.82, 2.24) is 19.9 Å². The van der Waals surface area contributed by atoms with Gasteiger partial charge in [-0.2, -0.15) is 0 Å². The number of para-hydroxylation sites is 1. The Hall–Kier alpha value is -2.93. The standard InChI is InChI=1S/C19H16N4O2S/c1-11-18(26-10-22-11)19(24)23-7-6-13-16(21-9-20-13)17(23)15-8-12-4-2-3-5-14(12)25-15/h2-5,8-10,17H,6-7H2,1H3,(H,20,21)/t17-/m1/s1. The van der Waals surface area contributed by atoms with Gasteiger partial charge in [-0.15, -0.1) is 11.3 Å². The molecule has 1 atom stereocenters. The molecule has 4 heterocycles. The van der Waals surface area contributed by atoms with Crippen molar-refractivity contribution in [2.75, 3.05) is 6.54 Å². The first kappa shape index (κ1) is 15.3. The fourth-order valence-corrected chi connectivity index (χ4v) is 4.32. The van der Waals surface area contributed by atoms with Gasteiger partial charge in [0.15, 0.2) is 0 Å². The van der Waals surface area contributed by atoms with Gasteiger partial charge in [-0.05, 0) is 19.1 Å². The van der Waals surface area contributed by atoms with Crippen LogP contribution in [0.25, 0.3) is 11.0 Å². The Balaban J connectivity index is 1.64. The Bertz CT molecular complexity index is 1080. The van der Waals surface area contributed by atoms with E-state index in [1.165, 1.54) is 11.3 Å². The van der Waals surface area contributed by atoms with Crippen LogP contribution in [0.4, 0.5) is 0 Å². The Labute approximate surface area is 153 Å². The summed E-state index contributed by atoms with van der Waals surface area (Å²) in [4.78, 5) is 27.7. The van der Waals surface area contributed by atoms with Crippen LogP contribution in [0.1, 0.15) is 38.6 Å². The molecule has 0 saturated carbocycles. The van der Waals surface area contributed by atoms with Crippen LogP contribution in [0, 0.1) is 6.92 Å². The van der Waals surface area contributed by atoms with Crippen molar-refractivity contribution in [3.05, 3.63) is 69.9 Å². The maximum atomic E-state index is 13.2. The molecule has 1 aliphatic rings. The summed E-state index contributed by atoms with van der Waals surface area (Å²) in [6.45, 7) is 2.47. The van der Waals surface area contributed by atoms with E-state index in [-0.39, 0.29) is 11.9 Å². The first-order valence-corrected chi connectivity index (χ1v) is 9.32. The summed E-state index contributed by atoms with van der Waals surface area (Å²) in [6.07, 6.45) is 2.43.